The van der Waals surface area contributed by atoms with Crippen LogP contribution in [0.2, 0.25) is 5.02 Å². The molecule has 1 unspecified atom stereocenters. The summed E-state index contributed by atoms with van der Waals surface area (Å²) in [5, 5.41) is 0.614. The van der Waals surface area contributed by atoms with Crippen molar-refractivity contribution in [3.8, 4) is 5.75 Å². The first-order valence-corrected chi connectivity index (χ1v) is 10.4. The van der Waals surface area contributed by atoms with Gasteiger partial charge in [0.2, 0.25) is 5.76 Å². The molecule has 0 N–H and O–H groups in total. The molecule has 0 bridgehead atoms. The zero-order valence-electron chi connectivity index (χ0n) is 17.0. The highest BCUT2D eigenvalue weighted by atomic mass is 35.5. The Labute approximate surface area is 187 Å². The van der Waals surface area contributed by atoms with Crippen LogP contribution in [-0.4, -0.2) is 12.5 Å². The molecule has 1 atom stereocenters. The Kier molecular flexibility index (Phi) is 4.94. The number of amides is 1. The summed E-state index contributed by atoms with van der Waals surface area (Å²) in [5.41, 5.74) is 1.14. The van der Waals surface area contributed by atoms with Crippen molar-refractivity contribution in [2.75, 3.05) is 11.5 Å². The van der Waals surface area contributed by atoms with E-state index >= 15 is 0 Å². The third-order valence-electron chi connectivity index (χ3n) is 5.44. The lowest BCUT2D eigenvalue weighted by atomic mass is 9.98. The van der Waals surface area contributed by atoms with Crippen molar-refractivity contribution in [3.63, 3.8) is 0 Å². The summed E-state index contributed by atoms with van der Waals surface area (Å²) in [7, 11) is 0. The monoisotopic (exact) mass is 449 g/mol. The molecule has 0 saturated carbocycles. The van der Waals surface area contributed by atoms with E-state index in [1.54, 1.807) is 48.5 Å². The average molecular weight is 450 g/mol. The van der Waals surface area contributed by atoms with E-state index in [9.17, 15) is 14.0 Å². The van der Waals surface area contributed by atoms with E-state index in [1.807, 2.05) is 6.92 Å². The van der Waals surface area contributed by atoms with E-state index in [4.69, 9.17) is 20.8 Å². The van der Waals surface area contributed by atoms with E-state index in [0.717, 1.165) is 6.07 Å². The largest absolute Gasteiger partial charge is 0.494 e. The van der Waals surface area contributed by atoms with Crippen LogP contribution in [0, 0.1) is 5.82 Å². The summed E-state index contributed by atoms with van der Waals surface area (Å²) in [6, 6.07) is 16.8. The van der Waals surface area contributed by atoms with Crippen LogP contribution in [0.15, 0.2) is 75.9 Å². The van der Waals surface area contributed by atoms with Gasteiger partial charge in [-0.2, -0.15) is 0 Å². The topological polar surface area (TPSA) is 59.8 Å². The van der Waals surface area contributed by atoms with Crippen molar-refractivity contribution in [3.05, 3.63) is 105 Å². The number of carbonyl (C=O) groups excluding carboxylic acids is 1. The number of rotatable bonds is 4. The minimum absolute atomic E-state index is 0.0528. The molecule has 0 saturated heterocycles. The lowest BCUT2D eigenvalue weighted by Crippen LogP contribution is -2.29. The number of hydrogen-bond donors (Lipinski definition) is 0. The van der Waals surface area contributed by atoms with E-state index in [-0.39, 0.29) is 22.3 Å². The molecule has 5 nitrogen and oxygen atoms in total. The molecule has 2 heterocycles. The standard InChI is InChI=1S/C25H17ClFNO4/c1-2-31-18-10-8-17(9-11-18)28-22(14-3-5-15(26)6-4-14)21-23(29)19-13-16(27)7-12-20(19)32-24(21)25(28)30/h3-13,22H,2H2,1H3. The Morgan fingerprint density at radius 1 is 1.03 bits per heavy atom. The third kappa shape index (κ3) is 3.24. The molecular weight excluding hydrogens is 433 g/mol. The van der Waals surface area contributed by atoms with Gasteiger partial charge >= 0.3 is 0 Å². The first-order valence-electron chi connectivity index (χ1n) is 10.1. The molecule has 4 aromatic rings. The quantitative estimate of drug-likeness (QED) is 0.399. The van der Waals surface area contributed by atoms with Crippen LogP contribution in [0.25, 0.3) is 11.0 Å². The highest BCUT2D eigenvalue weighted by Gasteiger charge is 2.43. The zero-order valence-corrected chi connectivity index (χ0v) is 17.7. The normalized spacial score (nSPS) is 15.3. The number of anilines is 1. The van der Waals surface area contributed by atoms with E-state index in [2.05, 4.69) is 0 Å². The van der Waals surface area contributed by atoms with Gasteiger partial charge in [-0.05, 0) is 67.1 Å². The highest BCUT2D eigenvalue weighted by Crippen LogP contribution is 2.41. The first-order chi connectivity index (χ1) is 15.5. The Bertz CT molecular complexity index is 1400. The molecule has 0 aliphatic carbocycles. The first kappa shape index (κ1) is 20.3. The molecule has 5 rings (SSSR count). The van der Waals surface area contributed by atoms with Gasteiger partial charge in [-0.1, -0.05) is 23.7 Å². The smallest absolute Gasteiger partial charge is 0.295 e. The maximum absolute atomic E-state index is 13.9. The molecule has 160 valence electrons. The number of halogens is 2. The maximum Gasteiger partial charge on any atom is 0.295 e. The van der Waals surface area contributed by atoms with Crippen LogP contribution >= 0.6 is 11.6 Å². The van der Waals surface area contributed by atoms with E-state index in [1.165, 1.54) is 17.0 Å². The van der Waals surface area contributed by atoms with Gasteiger partial charge in [-0.3, -0.25) is 14.5 Å². The van der Waals surface area contributed by atoms with Crippen LogP contribution in [-0.2, 0) is 0 Å². The van der Waals surface area contributed by atoms with Crippen molar-refractivity contribution in [1.29, 1.82) is 0 Å². The van der Waals surface area contributed by atoms with E-state index < -0.39 is 23.2 Å². The van der Waals surface area contributed by atoms with Crippen LogP contribution in [0.3, 0.4) is 0 Å². The van der Waals surface area contributed by atoms with Gasteiger partial charge in [0.25, 0.3) is 5.91 Å². The lowest BCUT2D eigenvalue weighted by molar-refractivity contribution is 0.0971. The molecule has 1 aromatic heterocycles. The van der Waals surface area contributed by atoms with Gasteiger partial charge in [-0.15, -0.1) is 0 Å². The average Bonchev–Trinajstić information content (AvgIpc) is 3.08. The van der Waals surface area contributed by atoms with Gasteiger partial charge < -0.3 is 9.15 Å². The highest BCUT2D eigenvalue weighted by molar-refractivity contribution is 6.30. The summed E-state index contributed by atoms with van der Waals surface area (Å²) in [4.78, 5) is 28.4. The minimum atomic E-state index is -0.753. The van der Waals surface area contributed by atoms with Crippen molar-refractivity contribution in [2.24, 2.45) is 0 Å². The Hall–Kier alpha value is -3.64. The van der Waals surface area contributed by atoms with Crippen LogP contribution in [0.5, 0.6) is 5.75 Å². The number of fused-ring (bicyclic) bond motifs is 2. The summed E-state index contributed by atoms with van der Waals surface area (Å²) >= 11 is 6.06. The maximum atomic E-state index is 13.9. The summed E-state index contributed by atoms with van der Waals surface area (Å²) in [6.07, 6.45) is 0. The van der Waals surface area contributed by atoms with Gasteiger partial charge in [0.15, 0.2) is 5.43 Å². The zero-order chi connectivity index (χ0) is 22.4. The Balaban J connectivity index is 1.75. The summed E-state index contributed by atoms with van der Waals surface area (Å²) < 4.78 is 25.2. The number of ether oxygens (including phenoxy) is 1. The fourth-order valence-corrected chi connectivity index (χ4v) is 4.17. The molecule has 1 amide bonds. The molecule has 0 radical (unpaired) electrons. The second-order valence-electron chi connectivity index (χ2n) is 7.37. The van der Waals surface area contributed by atoms with Crippen molar-refractivity contribution in [1.82, 2.24) is 0 Å². The second kappa shape index (κ2) is 7.80. The number of benzene rings is 3. The molecule has 0 fully saturated rings. The van der Waals surface area contributed by atoms with Gasteiger partial charge in [0.1, 0.15) is 17.1 Å². The number of hydrogen-bond acceptors (Lipinski definition) is 4. The van der Waals surface area contributed by atoms with E-state index in [0.29, 0.717) is 28.6 Å². The molecule has 1 aliphatic heterocycles. The molecule has 1 aliphatic rings. The molecular formula is C25H17ClFNO4. The minimum Gasteiger partial charge on any atom is -0.494 e. The van der Waals surface area contributed by atoms with Crippen molar-refractivity contribution in [2.45, 2.75) is 13.0 Å². The van der Waals surface area contributed by atoms with Crippen LogP contribution in [0.1, 0.15) is 34.6 Å². The Morgan fingerprint density at radius 3 is 2.44 bits per heavy atom. The number of nitrogens with zero attached hydrogens (tertiary/aromatic N) is 1. The molecule has 32 heavy (non-hydrogen) atoms. The fourth-order valence-electron chi connectivity index (χ4n) is 4.04. The second-order valence-corrected chi connectivity index (χ2v) is 7.81. The Morgan fingerprint density at radius 2 is 1.75 bits per heavy atom. The summed E-state index contributed by atoms with van der Waals surface area (Å²) in [5.74, 6) is -0.394. The summed E-state index contributed by atoms with van der Waals surface area (Å²) in [6.45, 7) is 2.40. The van der Waals surface area contributed by atoms with Crippen molar-refractivity contribution < 1.29 is 18.3 Å². The third-order valence-corrected chi connectivity index (χ3v) is 5.70. The van der Waals surface area contributed by atoms with Crippen LogP contribution < -0.4 is 15.1 Å². The predicted molar refractivity (Wildman–Crippen MR) is 120 cm³/mol. The molecule has 3 aromatic carbocycles. The van der Waals surface area contributed by atoms with Gasteiger partial charge in [0, 0.05) is 10.7 Å². The van der Waals surface area contributed by atoms with Gasteiger partial charge in [-0.25, -0.2) is 4.39 Å². The molecule has 7 heteroatoms. The number of carbonyl (C=O) groups is 1. The van der Waals surface area contributed by atoms with Gasteiger partial charge in [0.05, 0.1) is 23.6 Å². The SMILES string of the molecule is CCOc1ccc(N2C(=O)c3oc4ccc(F)cc4c(=O)c3C2c2ccc(Cl)cc2)cc1. The predicted octanol–water partition coefficient (Wildman–Crippen LogP) is 5.73. The fraction of sp³-hybridized carbons (Fsp3) is 0.120. The lowest BCUT2D eigenvalue weighted by Gasteiger charge is -2.25. The van der Waals surface area contributed by atoms with Crippen LogP contribution in [0.4, 0.5) is 10.1 Å². The van der Waals surface area contributed by atoms with Crippen molar-refractivity contribution >= 4 is 34.2 Å². The molecule has 0 spiro atoms.